The second kappa shape index (κ2) is 8.47. The van der Waals surface area contributed by atoms with E-state index in [0.717, 1.165) is 27.5 Å². The number of hydrogen-bond donors (Lipinski definition) is 0. The minimum atomic E-state index is -0.406. The fraction of sp³-hybridized carbons (Fsp3) is 0.154. The van der Waals surface area contributed by atoms with Crippen molar-refractivity contribution in [2.45, 2.75) is 13.3 Å². The van der Waals surface area contributed by atoms with Crippen LogP contribution in [0, 0.1) is 10.1 Å². The zero-order chi connectivity index (χ0) is 23.8. The number of para-hydroxylation sites is 1. The van der Waals surface area contributed by atoms with Crippen molar-refractivity contribution in [1.29, 1.82) is 0 Å². The van der Waals surface area contributed by atoms with Crippen molar-refractivity contribution in [3.8, 4) is 28.4 Å². The summed E-state index contributed by atoms with van der Waals surface area (Å²) >= 11 is 0. The lowest BCUT2D eigenvalue weighted by atomic mass is 9.99. The molecule has 2 aromatic heterocycles. The maximum absolute atomic E-state index is 11.5. The van der Waals surface area contributed by atoms with Crippen molar-refractivity contribution in [2.75, 3.05) is 14.2 Å². The molecule has 0 N–H and O–H groups in total. The molecule has 170 valence electrons. The molecule has 0 saturated heterocycles. The van der Waals surface area contributed by atoms with Gasteiger partial charge >= 0.3 is 0 Å². The standard InChI is InChI=1S/C26H22N4O4/c1-4-21-24-19-14-22(33-2)23(34-3)15-20(19)25(16-9-8-12-18(13-16)30(31)32)27-26(24)29(28-21)17-10-6-5-7-11-17/h5-15H,4H2,1-3H3. The van der Waals surface area contributed by atoms with E-state index in [1.165, 1.54) is 12.1 Å². The fourth-order valence-corrected chi connectivity index (χ4v) is 4.26. The Kier molecular flexibility index (Phi) is 5.33. The van der Waals surface area contributed by atoms with Crippen molar-refractivity contribution >= 4 is 27.5 Å². The molecule has 2 heterocycles. The lowest BCUT2D eigenvalue weighted by molar-refractivity contribution is -0.384. The molecular weight excluding hydrogens is 432 g/mol. The molecule has 0 bridgehead atoms. The lowest BCUT2D eigenvalue weighted by Gasteiger charge is -2.14. The second-order valence-electron chi connectivity index (χ2n) is 7.77. The summed E-state index contributed by atoms with van der Waals surface area (Å²) in [6.07, 6.45) is 0.706. The number of fused-ring (bicyclic) bond motifs is 3. The number of pyridine rings is 1. The Bertz CT molecular complexity index is 1540. The molecule has 0 spiro atoms. The van der Waals surface area contributed by atoms with Gasteiger partial charge in [0.05, 0.1) is 41.6 Å². The van der Waals surface area contributed by atoms with Crippen LogP contribution in [0.1, 0.15) is 12.6 Å². The Morgan fingerprint density at radius 2 is 1.65 bits per heavy atom. The number of nitro groups is 1. The molecule has 0 atom stereocenters. The van der Waals surface area contributed by atoms with Gasteiger partial charge in [-0.3, -0.25) is 10.1 Å². The van der Waals surface area contributed by atoms with E-state index in [-0.39, 0.29) is 5.69 Å². The van der Waals surface area contributed by atoms with Gasteiger partial charge < -0.3 is 9.47 Å². The summed E-state index contributed by atoms with van der Waals surface area (Å²) < 4.78 is 13.0. The minimum absolute atomic E-state index is 0.00108. The highest BCUT2D eigenvalue weighted by atomic mass is 16.6. The van der Waals surface area contributed by atoms with Gasteiger partial charge in [-0.2, -0.15) is 5.10 Å². The lowest BCUT2D eigenvalue weighted by Crippen LogP contribution is -1.99. The molecule has 0 aliphatic heterocycles. The highest BCUT2D eigenvalue weighted by Crippen LogP contribution is 2.41. The Morgan fingerprint density at radius 1 is 0.941 bits per heavy atom. The number of aryl methyl sites for hydroxylation is 1. The smallest absolute Gasteiger partial charge is 0.270 e. The average Bonchev–Trinajstić information content (AvgIpc) is 3.26. The van der Waals surface area contributed by atoms with Crippen molar-refractivity contribution in [2.24, 2.45) is 0 Å². The van der Waals surface area contributed by atoms with Gasteiger partial charge in [0.1, 0.15) is 0 Å². The van der Waals surface area contributed by atoms with Crippen LogP contribution in [0.3, 0.4) is 0 Å². The van der Waals surface area contributed by atoms with Crippen LogP contribution in [0.15, 0.2) is 66.7 Å². The molecule has 0 unspecified atom stereocenters. The van der Waals surface area contributed by atoms with Gasteiger partial charge in [0.15, 0.2) is 17.1 Å². The zero-order valence-electron chi connectivity index (χ0n) is 19.0. The molecule has 0 fully saturated rings. The van der Waals surface area contributed by atoms with Crippen LogP contribution in [-0.4, -0.2) is 33.9 Å². The van der Waals surface area contributed by atoms with Crippen LogP contribution in [0.25, 0.3) is 38.8 Å². The first kappa shape index (κ1) is 21.4. The number of nitro benzene ring substituents is 1. The second-order valence-corrected chi connectivity index (χ2v) is 7.77. The highest BCUT2D eigenvalue weighted by Gasteiger charge is 2.22. The van der Waals surface area contributed by atoms with E-state index in [9.17, 15) is 10.1 Å². The third kappa shape index (κ3) is 3.40. The van der Waals surface area contributed by atoms with E-state index in [0.29, 0.717) is 34.8 Å². The number of aromatic nitrogens is 3. The Labute approximate surface area is 195 Å². The summed E-state index contributed by atoms with van der Waals surface area (Å²) in [5.41, 5.74) is 3.68. The quantitative estimate of drug-likeness (QED) is 0.240. The van der Waals surface area contributed by atoms with E-state index in [2.05, 4.69) is 6.92 Å². The molecule has 8 nitrogen and oxygen atoms in total. The average molecular weight is 454 g/mol. The van der Waals surface area contributed by atoms with E-state index in [1.54, 1.807) is 20.3 Å². The van der Waals surface area contributed by atoms with Crippen LogP contribution in [-0.2, 0) is 6.42 Å². The van der Waals surface area contributed by atoms with Crippen molar-refractivity contribution in [3.05, 3.63) is 82.5 Å². The van der Waals surface area contributed by atoms with Gasteiger partial charge in [-0.1, -0.05) is 37.3 Å². The Morgan fingerprint density at radius 3 is 2.29 bits per heavy atom. The molecule has 0 amide bonds. The fourth-order valence-electron chi connectivity index (χ4n) is 4.26. The van der Waals surface area contributed by atoms with Crippen LogP contribution in [0.2, 0.25) is 0 Å². The number of methoxy groups -OCH3 is 2. The number of nitrogens with zero attached hydrogens (tertiary/aromatic N) is 4. The maximum Gasteiger partial charge on any atom is 0.270 e. The number of ether oxygens (including phenoxy) is 2. The van der Waals surface area contributed by atoms with E-state index < -0.39 is 4.92 Å². The summed E-state index contributed by atoms with van der Waals surface area (Å²) in [4.78, 5) is 16.1. The monoisotopic (exact) mass is 454 g/mol. The van der Waals surface area contributed by atoms with Gasteiger partial charge in [-0.15, -0.1) is 0 Å². The highest BCUT2D eigenvalue weighted by molar-refractivity contribution is 6.12. The summed E-state index contributed by atoms with van der Waals surface area (Å²) in [5, 5.41) is 18.9. The molecule has 3 aromatic carbocycles. The summed E-state index contributed by atoms with van der Waals surface area (Å²) in [6.45, 7) is 2.05. The topological polar surface area (TPSA) is 92.3 Å². The van der Waals surface area contributed by atoms with E-state index in [1.807, 2.05) is 53.2 Å². The predicted octanol–water partition coefficient (Wildman–Crippen LogP) is 5.73. The van der Waals surface area contributed by atoms with Crippen molar-refractivity contribution in [1.82, 2.24) is 14.8 Å². The zero-order valence-corrected chi connectivity index (χ0v) is 19.0. The SMILES string of the molecule is CCc1nn(-c2ccccc2)c2nc(-c3cccc([N+](=O)[O-])c3)c3cc(OC)c(OC)cc3c12. The normalized spacial score (nSPS) is 11.1. The summed E-state index contributed by atoms with van der Waals surface area (Å²) in [6, 6.07) is 20.1. The molecule has 5 aromatic rings. The van der Waals surface area contributed by atoms with E-state index >= 15 is 0 Å². The van der Waals surface area contributed by atoms with Gasteiger partial charge in [0.25, 0.3) is 5.69 Å². The van der Waals surface area contributed by atoms with Crippen LogP contribution in [0.5, 0.6) is 11.5 Å². The molecular formula is C26H22N4O4. The Balaban J connectivity index is 1.95. The van der Waals surface area contributed by atoms with Gasteiger partial charge in [0.2, 0.25) is 0 Å². The molecule has 0 aliphatic carbocycles. The summed E-state index contributed by atoms with van der Waals surface area (Å²) in [5.74, 6) is 1.14. The maximum atomic E-state index is 11.5. The molecule has 0 radical (unpaired) electrons. The van der Waals surface area contributed by atoms with Crippen molar-refractivity contribution in [3.63, 3.8) is 0 Å². The number of hydrogen-bond acceptors (Lipinski definition) is 6. The largest absolute Gasteiger partial charge is 0.493 e. The molecule has 8 heteroatoms. The van der Waals surface area contributed by atoms with Crippen LogP contribution in [0.4, 0.5) is 5.69 Å². The molecule has 5 rings (SSSR count). The van der Waals surface area contributed by atoms with E-state index in [4.69, 9.17) is 19.6 Å². The third-order valence-corrected chi connectivity index (χ3v) is 5.87. The summed E-state index contributed by atoms with van der Waals surface area (Å²) in [7, 11) is 3.17. The first-order valence-corrected chi connectivity index (χ1v) is 10.8. The molecule has 34 heavy (non-hydrogen) atoms. The van der Waals surface area contributed by atoms with Crippen LogP contribution >= 0.6 is 0 Å². The molecule has 0 aliphatic rings. The van der Waals surface area contributed by atoms with Gasteiger partial charge in [-0.25, -0.2) is 9.67 Å². The predicted molar refractivity (Wildman–Crippen MR) is 131 cm³/mol. The van der Waals surface area contributed by atoms with Gasteiger partial charge in [-0.05, 0) is 30.7 Å². The number of benzene rings is 3. The number of rotatable bonds is 6. The van der Waals surface area contributed by atoms with Crippen molar-refractivity contribution < 1.29 is 14.4 Å². The van der Waals surface area contributed by atoms with Crippen LogP contribution < -0.4 is 9.47 Å². The van der Waals surface area contributed by atoms with Gasteiger partial charge in [0, 0.05) is 28.5 Å². The number of non-ortho nitro benzene ring substituents is 1. The Hall–Kier alpha value is -4.46. The molecule has 0 saturated carbocycles. The minimum Gasteiger partial charge on any atom is -0.493 e. The third-order valence-electron chi connectivity index (χ3n) is 5.87. The first-order chi connectivity index (χ1) is 16.5. The first-order valence-electron chi connectivity index (χ1n) is 10.8.